The van der Waals surface area contributed by atoms with Gasteiger partial charge in [0.2, 0.25) is 11.8 Å². The van der Waals surface area contributed by atoms with Crippen LogP contribution < -0.4 is 5.32 Å². The summed E-state index contributed by atoms with van der Waals surface area (Å²) in [4.78, 5) is 24.4. The molecule has 0 atom stereocenters. The number of aryl methyl sites for hydroxylation is 1. The minimum absolute atomic E-state index is 0.103. The molecule has 122 valence electrons. The molecule has 0 bridgehead atoms. The van der Waals surface area contributed by atoms with Crippen molar-refractivity contribution >= 4 is 40.0 Å². The third kappa shape index (κ3) is 3.49. The first-order chi connectivity index (χ1) is 11.5. The van der Waals surface area contributed by atoms with E-state index in [2.05, 4.69) is 5.32 Å². The summed E-state index contributed by atoms with van der Waals surface area (Å²) in [7, 11) is 0. The van der Waals surface area contributed by atoms with Gasteiger partial charge in [-0.2, -0.15) is 0 Å². The second-order valence-corrected chi connectivity index (χ2v) is 6.06. The third-order valence-electron chi connectivity index (χ3n) is 3.89. The van der Waals surface area contributed by atoms with E-state index >= 15 is 0 Å². The highest BCUT2D eigenvalue weighted by Gasteiger charge is 2.11. The largest absolute Gasteiger partial charge is 0.326 e. The number of para-hydroxylation sites is 1. The average Bonchev–Trinajstić information content (AvgIpc) is 3.00. The van der Waals surface area contributed by atoms with Crippen LogP contribution in [0.3, 0.4) is 0 Å². The molecule has 24 heavy (non-hydrogen) atoms. The third-order valence-corrected chi connectivity index (χ3v) is 4.30. The molecule has 0 aliphatic heterocycles. The Labute approximate surface area is 145 Å². The smallest absolute Gasteiger partial charge is 0.231 e. The number of nitrogens with zero attached hydrogens (tertiary/aromatic N) is 1. The van der Waals surface area contributed by atoms with Gasteiger partial charge in [-0.3, -0.25) is 14.2 Å². The Kier molecular flexibility index (Phi) is 4.67. The Morgan fingerprint density at radius 3 is 2.67 bits per heavy atom. The standard InChI is InChI=1S/C19H17ClN2O2/c1-13-6-7-15(12-16(13)20)21-18(23)8-9-19(24)22-11-10-14-4-2-3-5-17(14)22/h2-7,10-12H,8-9H2,1H3,(H,21,23). The summed E-state index contributed by atoms with van der Waals surface area (Å²) in [6.45, 7) is 1.90. The van der Waals surface area contributed by atoms with E-state index in [1.807, 2.05) is 43.3 Å². The van der Waals surface area contributed by atoms with Crippen LogP contribution in [-0.4, -0.2) is 16.4 Å². The lowest BCUT2D eigenvalue weighted by atomic mass is 10.2. The number of rotatable bonds is 4. The van der Waals surface area contributed by atoms with Crippen molar-refractivity contribution < 1.29 is 9.59 Å². The molecule has 0 radical (unpaired) electrons. The molecule has 0 saturated heterocycles. The topological polar surface area (TPSA) is 51.1 Å². The Morgan fingerprint density at radius 1 is 1.08 bits per heavy atom. The summed E-state index contributed by atoms with van der Waals surface area (Å²) in [5, 5.41) is 4.37. The van der Waals surface area contributed by atoms with Gasteiger partial charge in [-0.15, -0.1) is 0 Å². The molecule has 0 aliphatic carbocycles. The summed E-state index contributed by atoms with van der Waals surface area (Å²) in [5.74, 6) is -0.312. The van der Waals surface area contributed by atoms with E-state index < -0.39 is 0 Å². The van der Waals surface area contributed by atoms with Crippen LogP contribution >= 0.6 is 11.6 Å². The van der Waals surface area contributed by atoms with Crippen molar-refractivity contribution in [1.82, 2.24) is 4.57 Å². The molecule has 0 unspecified atom stereocenters. The Morgan fingerprint density at radius 2 is 1.88 bits per heavy atom. The molecule has 1 aromatic heterocycles. The number of aromatic nitrogens is 1. The molecule has 5 heteroatoms. The minimum atomic E-state index is -0.209. The van der Waals surface area contributed by atoms with Gasteiger partial charge in [0.25, 0.3) is 0 Å². The summed E-state index contributed by atoms with van der Waals surface area (Å²) >= 11 is 6.04. The number of amides is 1. The fourth-order valence-electron chi connectivity index (χ4n) is 2.54. The summed E-state index contributed by atoms with van der Waals surface area (Å²) < 4.78 is 1.59. The highest BCUT2D eigenvalue weighted by Crippen LogP contribution is 2.20. The first-order valence-corrected chi connectivity index (χ1v) is 8.08. The quantitative estimate of drug-likeness (QED) is 0.750. The zero-order valence-corrected chi connectivity index (χ0v) is 14.0. The SMILES string of the molecule is Cc1ccc(NC(=O)CCC(=O)n2ccc3ccccc32)cc1Cl. The van der Waals surface area contributed by atoms with E-state index in [4.69, 9.17) is 11.6 Å². The molecule has 0 aliphatic rings. The normalized spacial score (nSPS) is 10.8. The van der Waals surface area contributed by atoms with Crippen molar-refractivity contribution in [3.8, 4) is 0 Å². The van der Waals surface area contributed by atoms with E-state index in [1.54, 1.807) is 22.9 Å². The van der Waals surface area contributed by atoms with Gasteiger partial charge in [-0.25, -0.2) is 0 Å². The predicted octanol–water partition coefficient (Wildman–Crippen LogP) is 4.66. The highest BCUT2D eigenvalue weighted by atomic mass is 35.5. The van der Waals surface area contributed by atoms with E-state index in [0.29, 0.717) is 10.7 Å². The van der Waals surface area contributed by atoms with Gasteiger partial charge in [0.1, 0.15) is 0 Å². The maximum absolute atomic E-state index is 12.3. The van der Waals surface area contributed by atoms with Gasteiger partial charge in [-0.1, -0.05) is 35.9 Å². The minimum Gasteiger partial charge on any atom is -0.326 e. The maximum atomic E-state index is 12.3. The molecule has 1 heterocycles. The van der Waals surface area contributed by atoms with Crippen molar-refractivity contribution in [3.63, 3.8) is 0 Å². The second-order valence-electron chi connectivity index (χ2n) is 5.65. The van der Waals surface area contributed by atoms with Crippen molar-refractivity contribution in [2.24, 2.45) is 0 Å². The predicted molar refractivity (Wildman–Crippen MR) is 96.6 cm³/mol. The van der Waals surface area contributed by atoms with Crippen molar-refractivity contribution in [3.05, 3.63) is 65.3 Å². The van der Waals surface area contributed by atoms with Crippen molar-refractivity contribution in [2.75, 3.05) is 5.32 Å². The second kappa shape index (κ2) is 6.89. The number of carbonyl (C=O) groups is 2. The monoisotopic (exact) mass is 340 g/mol. The van der Waals surface area contributed by atoms with E-state index in [-0.39, 0.29) is 24.7 Å². The van der Waals surface area contributed by atoms with Crippen molar-refractivity contribution in [1.29, 1.82) is 0 Å². The van der Waals surface area contributed by atoms with Crippen LogP contribution in [0.15, 0.2) is 54.7 Å². The molecule has 1 amide bonds. The number of hydrogen-bond donors (Lipinski definition) is 1. The van der Waals surface area contributed by atoms with Gasteiger partial charge in [-0.05, 0) is 36.8 Å². The van der Waals surface area contributed by atoms with Gasteiger partial charge in [0.15, 0.2) is 0 Å². The van der Waals surface area contributed by atoms with Crippen LogP contribution in [0.2, 0.25) is 5.02 Å². The summed E-state index contributed by atoms with van der Waals surface area (Å²) in [6, 6.07) is 14.9. The average molecular weight is 341 g/mol. The molecule has 4 nitrogen and oxygen atoms in total. The van der Waals surface area contributed by atoms with Crippen LogP contribution in [0, 0.1) is 6.92 Å². The Bertz CT molecular complexity index is 915. The zero-order valence-electron chi connectivity index (χ0n) is 13.3. The molecule has 3 aromatic rings. The van der Waals surface area contributed by atoms with Crippen LogP contribution in [0.1, 0.15) is 23.2 Å². The lowest BCUT2D eigenvalue weighted by Gasteiger charge is -2.07. The Balaban J connectivity index is 1.61. The molecule has 0 saturated carbocycles. The number of anilines is 1. The first kappa shape index (κ1) is 16.3. The summed E-state index contributed by atoms with van der Waals surface area (Å²) in [6.07, 6.45) is 2.01. The fraction of sp³-hybridized carbons (Fsp3) is 0.158. The molecular formula is C19H17ClN2O2. The number of benzene rings is 2. The molecular weight excluding hydrogens is 324 g/mol. The van der Waals surface area contributed by atoms with Crippen LogP contribution in [0.4, 0.5) is 5.69 Å². The van der Waals surface area contributed by atoms with Gasteiger partial charge in [0.05, 0.1) is 5.52 Å². The number of fused-ring (bicyclic) bond motifs is 1. The van der Waals surface area contributed by atoms with E-state index in [9.17, 15) is 9.59 Å². The summed E-state index contributed by atoms with van der Waals surface area (Å²) in [5.41, 5.74) is 2.44. The molecule has 1 N–H and O–H groups in total. The van der Waals surface area contributed by atoms with Crippen LogP contribution in [0.5, 0.6) is 0 Å². The number of nitrogens with one attached hydrogen (secondary N) is 1. The van der Waals surface area contributed by atoms with Crippen LogP contribution in [-0.2, 0) is 4.79 Å². The van der Waals surface area contributed by atoms with Gasteiger partial charge in [0, 0.05) is 35.1 Å². The number of carbonyl (C=O) groups excluding carboxylic acids is 2. The zero-order chi connectivity index (χ0) is 17.1. The van der Waals surface area contributed by atoms with Crippen LogP contribution in [0.25, 0.3) is 10.9 Å². The van der Waals surface area contributed by atoms with E-state index in [0.717, 1.165) is 16.5 Å². The van der Waals surface area contributed by atoms with Crippen molar-refractivity contribution in [2.45, 2.75) is 19.8 Å². The molecule has 0 spiro atoms. The first-order valence-electron chi connectivity index (χ1n) is 7.70. The number of halogens is 1. The van der Waals surface area contributed by atoms with E-state index in [1.165, 1.54) is 0 Å². The fourth-order valence-corrected chi connectivity index (χ4v) is 2.72. The molecule has 2 aromatic carbocycles. The van der Waals surface area contributed by atoms with Gasteiger partial charge >= 0.3 is 0 Å². The Hall–Kier alpha value is -2.59. The number of hydrogen-bond acceptors (Lipinski definition) is 2. The lowest BCUT2D eigenvalue weighted by molar-refractivity contribution is -0.116. The lowest BCUT2D eigenvalue weighted by Crippen LogP contribution is -2.16. The van der Waals surface area contributed by atoms with Gasteiger partial charge < -0.3 is 5.32 Å². The maximum Gasteiger partial charge on any atom is 0.231 e. The molecule has 0 fully saturated rings. The molecule has 3 rings (SSSR count). The highest BCUT2D eigenvalue weighted by molar-refractivity contribution is 6.31.